The number of benzene rings is 1. The Kier molecular flexibility index (Phi) is 5.66. The Balaban J connectivity index is 2.31. The van der Waals surface area contributed by atoms with Crippen LogP contribution < -0.4 is 0 Å². The second kappa shape index (κ2) is 7.36. The number of hydrogen-bond donors (Lipinski definition) is 1. The molecule has 0 aliphatic carbocycles. The fourth-order valence-corrected chi connectivity index (χ4v) is 2.94. The van der Waals surface area contributed by atoms with Crippen LogP contribution in [0, 0.1) is 13.8 Å². The normalized spacial score (nSPS) is 13.5. The first-order chi connectivity index (χ1) is 11.3. The molecule has 0 saturated carbocycles. The quantitative estimate of drug-likeness (QED) is 0.877. The minimum absolute atomic E-state index is 0.0631. The molecule has 1 heterocycles. The number of rotatable bonds is 6. The lowest BCUT2D eigenvalue weighted by molar-refractivity contribution is -0.184. The summed E-state index contributed by atoms with van der Waals surface area (Å²) in [5.41, 5.74) is 2.44. The van der Waals surface area contributed by atoms with E-state index in [1.165, 1.54) is 24.1 Å². The standard InChI is InChI=1S/C17H22F3N3O/c1-12-15(13(2)23(21-12)9-10-24)11-22(3)16(17(18,19)20)14-7-5-4-6-8-14/h4-8,16,24H,9-11H2,1-3H3. The predicted octanol–water partition coefficient (Wildman–Crippen LogP) is 3.23. The number of aryl methyl sites for hydroxylation is 1. The maximum Gasteiger partial charge on any atom is 0.408 e. The van der Waals surface area contributed by atoms with Crippen molar-refractivity contribution in [2.75, 3.05) is 13.7 Å². The lowest BCUT2D eigenvalue weighted by Gasteiger charge is -2.30. The third-order valence-electron chi connectivity index (χ3n) is 4.12. The molecule has 7 heteroatoms. The average Bonchev–Trinajstić information content (AvgIpc) is 2.75. The van der Waals surface area contributed by atoms with Gasteiger partial charge in [0.15, 0.2) is 0 Å². The van der Waals surface area contributed by atoms with Crippen molar-refractivity contribution in [3.05, 3.63) is 52.8 Å². The second-order valence-corrected chi connectivity index (χ2v) is 5.87. The maximum absolute atomic E-state index is 13.6. The molecule has 0 bridgehead atoms. The van der Waals surface area contributed by atoms with E-state index in [0.717, 1.165) is 11.3 Å². The van der Waals surface area contributed by atoms with Crippen LogP contribution >= 0.6 is 0 Å². The van der Waals surface area contributed by atoms with Crippen LogP contribution in [-0.2, 0) is 13.1 Å². The molecule has 0 aliphatic rings. The van der Waals surface area contributed by atoms with Gasteiger partial charge in [-0.15, -0.1) is 0 Å². The Labute approximate surface area is 139 Å². The molecule has 132 valence electrons. The molecule has 1 aromatic heterocycles. The van der Waals surface area contributed by atoms with Crippen LogP contribution in [0.5, 0.6) is 0 Å². The predicted molar refractivity (Wildman–Crippen MR) is 85.5 cm³/mol. The van der Waals surface area contributed by atoms with Gasteiger partial charge in [-0.05, 0) is 26.5 Å². The highest BCUT2D eigenvalue weighted by molar-refractivity contribution is 5.26. The van der Waals surface area contributed by atoms with Gasteiger partial charge in [-0.3, -0.25) is 9.58 Å². The van der Waals surface area contributed by atoms with E-state index in [2.05, 4.69) is 5.10 Å². The van der Waals surface area contributed by atoms with Gasteiger partial charge in [0.25, 0.3) is 0 Å². The van der Waals surface area contributed by atoms with Crippen molar-refractivity contribution in [2.45, 2.75) is 39.2 Å². The van der Waals surface area contributed by atoms with Gasteiger partial charge in [-0.25, -0.2) is 0 Å². The third kappa shape index (κ3) is 3.96. The Morgan fingerprint density at radius 2 is 1.83 bits per heavy atom. The highest BCUT2D eigenvalue weighted by Gasteiger charge is 2.43. The van der Waals surface area contributed by atoms with Crippen LogP contribution in [0.3, 0.4) is 0 Å². The SMILES string of the molecule is Cc1nn(CCO)c(C)c1CN(C)C(c1ccccc1)C(F)(F)F. The molecule has 2 aromatic rings. The summed E-state index contributed by atoms with van der Waals surface area (Å²) in [6, 6.07) is 6.21. The molecule has 0 amide bonds. The summed E-state index contributed by atoms with van der Waals surface area (Å²) in [5, 5.41) is 13.3. The molecular formula is C17H22F3N3O. The fourth-order valence-electron chi connectivity index (χ4n) is 2.94. The molecule has 4 nitrogen and oxygen atoms in total. The van der Waals surface area contributed by atoms with Crippen molar-refractivity contribution >= 4 is 0 Å². The van der Waals surface area contributed by atoms with Crippen LogP contribution in [-0.4, -0.2) is 39.6 Å². The van der Waals surface area contributed by atoms with Crippen molar-refractivity contribution in [1.82, 2.24) is 14.7 Å². The lowest BCUT2D eigenvalue weighted by atomic mass is 10.0. The number of aliphatic hydroxyl groups excluding tert-OH is 1. The molecule has 0 aliphatic heterocycles. The van der Waals surface area contributed by atoms with Crippen LogP contribution in [0.2, 0.25) is 0 Å². The minimum atomic E-state index is -4.38. The van der Waals surface area contributed by atoms with E-state index in [0.29, 0.717) is 12.2 Å². The molecule has 2 rings (SSSR count). The van der Waals surface area contributed by atoms with E-state index in [-0.39, 0.29) is 18.7 Å². The second-order valence-electron chi connectivity index (χ2n) is 5.87. The Morgan fingerprint density at radius 1 is 1.21 bits per heavy atom. The molecule has 24 heavy (non-hydrogen) atoms. The summed E-state index contributed by atoms with van der Waals surface area (Å²) in [5.74, 6) is 0. The molecular weight excluding hydrogens is 319 g/mol. The van der Waals surface area contributed by atoms with Crippen molar-refractivity contribution in [1.29, 1.82) is 0 Å². The molecule has 0 spiro atoms. The summed E-state index contributed by atoms with van der Waals surface area (Å²) in [7, 11) is 1.47. The first-order valence-corrected chi connectivity index (χ1v) is 7.71. The van der Waals surface area contributed by atoms with Gasteiger partial charge in [0.2, 0.25) is 0 Å². The summed E-state index contributed by atoms with van der Waals surface area (Å²) >= 11 is 0. The summed E-state index contributed by atoms with van der Waals surface area (Å²) in [4.78, 5) is 1.29. The van der Waals surface area contributed by atoms with E-state index in [1.54, 1.807) is 29.8 Å². The molecule has 1 unspecified atom stereocenters. The minimum Gasteiger partial charge on any atom is -0.394 e. The monoisotopic (exact) mass is 341 g/mol. The zero-order valence-electron chi connectivity index (χ0n) is 14.0. The first kappa shape index (κ1) is 18.5. The summed E-state index contributed by atoms with van der Waals surface area (Å²) < 4.78 is 42.4. The zero-order valence-corrected chi connectivity index (χ0v) is 14.0. The fraction of sp³-hybridized carbons (Fsp3) is 0.471. The summed E-state index contributed by atoms with van der Waals surface area (Å²) in [6.07, 6.45) is -4.38. The smallest absolute Gasteiger partial charge is 0.394 e. The van der Waals surface area contributed by atoms with Crippen LogP contribution in [0.25, 0.3) is 0 Å². The largest absolute Gasteiger partial charge is 0.408 e. The van der Waals surface area contributed by atoms with Crippen molar-refractivity contribution in [3.63, 3.8) is 0 Å². The van der Waals surface area contributed by atoms with Crippen LogP contribution in [0.4, 0.5) is 13.2 Å². The van der Waals surface area contributed by atoms with Gasteiger partial charge < -0.3 is 5.11 Å². The van der Waals surface area contributed by atoms with Gasteiger partial charge in [0, 0.05) is 17.8 Å². The molecule has 0 fully saturated rings. The molecule has 0 saturated heterocycles. The van der Waals surface area contributed by atoms with Gasteiger partial charge in [-0.2, -0.15) is 18.3 Å². The van der Waals surface area contributed by atoms with Gasteiger partial charge in [0.1, 0.15) is 6.04 Å². The Morgan fingerprint density at radius 3 is 2.38 bits per heavy atom. The zero-order chi connectivity index (χ0) is 17.9. The van der Waals surface area contributed by atoms with E-state index in [9.17, 15) is 13.2 Å². The van der Waals surface area contributed by atoms with Crippen molar-refractivity contribution in [3.8, 4) is 0 Å². The average molecular weight is 341 g/mol. The van der Waals surface area contributed by atoms with Crippen LogP contribution in [0.1, 0.15) is 28.6 Å². The van der Waals surface area contributed by atoms with Gasteiger partial charge in [-0.1, -0.05) is 30.3 Å². The lowest BCUT2D eigenvalue weighted by Crippen LogP contribution is -2.35. The van der Waals surface area contributed by atoms with Gasteiger partial charge in [0.05, 0.1) is 18.8 Å². The first-order valence-electron chi connectivity index (χ1n) is 7.71. The number of nitrogens with zero attached hydrogens (tertiary/aromatic N) is 3. The number of aliphatic hydroxyl groups is 1. The van der Waals surface area contributed by atoms with Crippen molar-refractivity contribution in [2.24, 2.45) is 0 Å². The third-order valence-corrected chi connectivity index (χ3v) is 4.12. The topological polar surface area (TPSA) is 41.3 Å². The van der Waals surface area contributed by atoms with E-state index in [4.69, 9.17) is 5.11 Å². The summed E-state index contributed by atoms with van der Waals surface area (Å²) in [6.45, 7) is 3.98. The maximum atomic E-state index is 13.6. The number of alkyl halides is 3. The van der Waals surface area contributed by atoms with E-state index >= 15 is 0 Å². The highest BCUT2D eigenvalue weighted by atomic mass is 19.4. The molecule has 1 aromatic carbocycles. The molecule has 1 N–H and O–H groups in total. The Bertz CT molecular complexity index is 668. The molecule has 1 atom stereocenters. The Hall–Kier alpha value is -1.86. The number of hydrogen-bond acceptors (Lipinski definition) is 3. The highest BCUT2D eigenvalue weighted by Crippen LogP contribution is 2.37. The number of halogens is 3. The van der Waals surface area contributed by atoms with Crippen LogP contribution in [0.15, 0.2) is 30.3 Å². The molecule has 0 radical (unpaired) electrons. The number of aromatic nitrogens is 2. The van der Waals surface area contributed by atoms with E-state index in [1.807, 2.05) is 6.92 Å². The van der Waals surface area contributed by atoms with Gasteiger partial charge >= 0.3 is 6.18 Å². The van der Waals surface area contributed by atoms with E-state index < -0.39 is 12.2 Å². The van der Waals surface area contributed by atoms with Crippen molar-refractivity contribution < 1.29 is 18.3 Å².